The van der Waals surface area contributed by atoms with Crippen LogP contribution in [-0.2, 0) is 4.84 Å². The van der Waals surface area contributed by atoms with Crippen LogP contribution in [0.15, 0.2) is 74.4 Å². The number of fused-ring (bicyclic) bond motifs is 3. The van der Waals surface area contributed by atoms with Gasteiger partial charge in [0.15, 0.2) is 6.29 Å². The van der Waals surface area contributed by atoms with Crippen molar-refractivity contribution in [3.8, 4) is 0 Å². The smallest absolute Gasteiger partial charge is 1.00 e. The molecule has 1 amide bonds. The van der Waals surface area contributed by atoms with Gasteiger partial charge in [-0.3, -0.25) is 14.4 Å². The second-order valence-electron chi connectivity index (χ2n) is 17.7. The molecule has 6 aromatic heterocycles. The van der Waals surface area contributed by atoms with Gasteiger partial charge in [-0.2, -0.15) is 5.92 Å². The first-order chi connectivity index (χ1) is 31.4. The Morgan fingerprint density at radius 1 is 0.786 bits per heavy atom. The predicted octanol–water partition coefficient (Wildman–Crippen LogP) is 3.22. The van der Waals surface area contributed by atoms with Crippen molar-refractivity contribution in [3.05, 3.63) is 115 Å². The average Bonchev–Trinajstić information content (AvgIpc) is 4.08. The second-order valence-corrected chi connectivity index (χ2v) is 17.7. The monoisotopic (exact) mass is 1010 g/mol. The van der Waals surface area contributed by atoms with Gasteiger partial charge in [-0.1, -0.05) is 64.2 Å². The van der Waals surface area contributed by atoms with E-state index in [4.69, 9.17) is 59.0 Å². The summed E-state index contributed by atoms with van der Waals surface area (Å²) < 4.78 is 5.68. The largest absolute Gasteiger partial charge is 2.00 e. The fourth-order valence-corrected chi connectivity index (χ4v) is 8.45. The van der Waals surface area contributed by atoms with Gasteiger partial charge in [0.25, 0.3) is 5.91 Å². The molecule has 2 aliphatic rings. The summed E-state index contributed by atoms with van der Waals surface area (Å²) in [6.45, 7) is 9.95. The van der Waals surface area contributed by atoms with E-state index in [0.717, 1.165) is 51.9 Å². The van der Waals surface area contributed by atoms with E-state index in [-0.39, 0.29) is 89.7 Å². The number of rotatable bonds is 10. The number of carbonyl (C=O) groups is 2. The molecule has 0 aromatic carbocycles. The number of carbonyl (C=O) groups excluding carboxylic acids is 2. The summed E-state index contributed by atoms with van der Waals surface area (Å²) in [7, 11) is 40.9. The molecule has 1 unspecified atom stereocenters. The average molecular weight is 1010 g/mol. The molecule has 0 spiro atoms. The number of pyridine rings is 3. The molecule has 16 radical (unpaired) electrons. The molecule has 340 valence electrons. The molecule has 8 rings (SSSR count). The molecule has 2 aliphatic carbocycles. The van der Waals surface area contributed by atoms with Crippen molar-refractivity contribution >= 4 is 191 Å². The zero-order chi connectivity index (χ0) is 48.5. The number of aryl methyl sites for hydroxylation is 3. The van der Waals surface area contributed by atoms with Gasteiger partial charge in [0.2, 0.25) is 0 Å². The Labute approximate surface area is 479 Å². The van der Waals surface area contributed by atoms with Crippen molar-refractivity contribution in [3.63, 3.8) is 0 Å². The van der Waals surface area contributed by atoms with E-state index in [9.17, 15) is 14.7 Å². The first-order valence-electron chi connectivity index (χ1n) is 22.8. The Bertz CT molecular complexity index is 2430. The topological polar surface area (TPSA) is 119 Å². The fourth-order valence-electron chi connectivity index (χ4n) is 8.45. The zero-order valence-corrected chi connectivity index (χ0v) is 47.7. The van der Waals surface area contributed by atoms with Crippen LogP contribution in [0.2, 0.25) is 0 Å². The molecule has 0 bridgehead atoms. The van der Waals surface area contributed by atoms with Crippen LogP contribution in [0.3, 0.4) is 0 Å². The van der Waals surface area contributed by atoms with Crippen molar-refractivity contribution < 1.29 is 21.0 Å². The minimum Gasteiger partial charge on any atom is -1.00 e. The second kappa shape index (κ2) is 34.7. The third kappa shape index (κ3) is 20.9. The number of aliphatic hydroxyl groups is 1. The molecule has 1 N–H and O–H groups in total. The van der Waals surface area contributed by atoms with Gasteiger partial charge < -0.3 is 26.7 Å². The van der Waals surface area contributed by atoms with Crippen LogP contribution in [0.5, 0.6) is 0 Å². The normalized spacial score (nSPS) is 13.4. The number of amides is 1. The number of aromatic nitrogens is 6. The number of imidazole rings is 3. The Hall–Kier alpha value is -1.71. The summed E-state index contributed by atoms with van der Waals surface area (Å²) >= 11 is 0. The SMILES string of the molecule is Br.CON(C)C(=O)c1cc(C)cn2cncc12.Cc1cc(C(O)CC2CCCCC2)c2cncn2c1.Cc1cc(C=O)c2cncn2c1.[AlH2].[B]B([B])B([B])B(B([B])[B])B([B])[B].[CH2-]C1CCCCC1.[H-].[Li].[Mg+2]. The van der Waals surface area contributed by atoms with Crippen LogP contribution in [0.1, 0.15) is 121 Å². The number of aliphatic hydroxyl groups excluding tert-OH is 1. The molecule has 27 heteroatoms. The van der Waals surface area contributed by atoms with Crippen LogP contribution < -0.4 is 0 Å². The predicted molar refractivity (Wildman–Crippen MR) is 313 cm³/mol. The number of hydroxylamine groups is 2. The molecule has 11 nitrogen and oxygen atoms in total. The first-order valence-corrected chi connectivity index (χ1v) is 22.8. The van der Waals surface area contributed by atoms with Crippen molar-refractivity contribution in [2.75, 3.05) is 14.2 Å². The molecule has 70 heavy (non-hydrogen) atoms. The van der Waals surface area contributed by atoms with Gasteiger partial charge in [-0.15, -0.1) is 17.0 Å². The minimum atomic E-state index is -0.723. The van der Waals surface area contributed by atoms with E-state index >= 15 is 0 Å². The summed E-state index contributed by atoms with van der Waals surface area (Å²) in [6.07, 6.45) is 28.1. The molecule has 1 atom stereocenters. The molecule has 6 aromatic rings. The number of aldehydes is 1. The van der Waals surface area contributed by atoms with Gasteiger partial charge in [0.05, 0.1) is 72.9 Å². The van der Waals surface area contributed by atoms with E-state index in [1.165, 1.54) is 81.9 Å². The summed E-state index contributed by atoms with van der Waals surface area (Å²) in [4.78, 5) is 39.7. The zero-order valence-electron chi connectivity index (χ0n) is 43.6. The summed E-state index contributed by atoms with van der Waals surface area (Å²) in [6, 6.07) is 5.78. The van der Waals surface area contributed by atoms with Gasteiger partial charge in [0.1, 0.15) is 17.4 Å². The van der Waals surface area contributed by atoms with E-state index < -0.39 is 31.9 Å². The van der Waals surface area contributed by atoms with Crippen LogP contribution in [0.25, 0.3) is 16.6 Å². The number of nitrogens with zero attached hydrogens (tertiary/aromatic N) is 7. The molecule has 0 aliphatic heterocycles. The van der Waals surface area contributed by atoms with Crippen LogP contribution in [0.4, 0.5) is 0 Å². The maximum atomic E-state index is 12.0. The van der Waals surface area contributed by atoms with Crippen molar-refractivity contribution in [2.24, 2.45) is 11.8 Å². The van der Waals surface area contributed by atoms with Gasteiger partial charge >= 0.3 is 23.1 Å². The number of hydrogen-bond donors (Lipinski definition) is 1. The third-order valence-corrected chi connectivity index (χ3v) is 12.1. The maximum Gasteiger partial charge on any atom is 2.00 e. The van der Waals surface area contributed by atoms with Crippen LogP contribution >= 0.6 is 17.0 Å². The van der Waals surface area contributed by atoms with E-state index in [0.29, 0.717) is 17.0 Å². The molecule has 2 saturated carbocycles. The Kier molecular flexibility index (Phi) is 33.9. The van der Waals surface area contributed by atoms with Gasteiger partial charge in [-0.05, 0) is 68.0 Å². The maximum absolute atomic E-state index is 12.0. The Morgan fingerprint density at radius 2 is 1.23 bits per heavy atom. The van der Waals surface area contributed by atoms with E-state index in [1.807, 2.05) is 57.8 Å². The minimum absolute atomic E-state index is 0. The Morgan fingerprint density at radius 3 is 1.67 bits per heavy atom. The fraction of sp³-hybridized carbons (Fsp3) is 0.442. The number of hydrogen-bond acceptors (Lipinski definition) is 7. The van der Waals surface area contributed by atoms with Crippen molar-refractivity contribution in [1.29, 1.82) is 0 Å². The molecular formula is C43H60AlB12BrLiMgN7O4. The van der Waals surface area contributed by atoms with Crippen molar-refractivity contribution in [1.82, 2.24) is 33.2 Å². The molecule has 6 heterocycles. The summed E-state index contributed by atoms with van der Waals surface area (Å²) in [5.74, 6) is 1.29. The summed E-state index contributed by atoms with van der Waals surface area (Å²) in [5.41, 5.74) is 8.20. The first kappa shape index (κ1) is 68.3. The van der Waals surface area contributed by atoms with Crippen molar-refractivity contribution in [2.45, 2.75) is 97.5 Å². The standard InChI is InChI=1S/C16H22N2O.C11H13N3O2.C9H8N2O.C7H13.Al.B12.BrH.Li.Mg.3H/c1-12-7-14(15-9-17-11-18(15)10-12)16(19)8-13-5-3-2-4-6-13;1-8-4-9(11(15)13(2)16-3)10-5-12-7-14(10)6-8;1-7-2-8(5-12)9-3-10-6-11(9)4-7;1-7-5-3-2-4-6-7;;1-8(2)11(7)12(9(3)4)10(5)6;;;;;;/h7,9-11,13,16,19H,2-6,8H2,1H3;4-7H,1-3H3;2-6H,1H3;7H,1-6H2;;;1H;;;;;/q;;;-1;;;;;+2;;;-1. The quantitative estimate of drug-likeness (QED) is 0.0971. The number of halogens is 1. The van der Waals surface area contributed by atoms with Crippen LogP contribution in [-0.4, -0.2) is 210 Å². The Balaban J connectivity index is 0. The van der Waals surface area contributed by atoms with Gasteiger partial charge in [-0.25, -0.2) is 20.0 Å². The molecule has 2 fully saturated rings. The summed E-state index contributed by atoms with van der Waals surface area (Å²) in [5, 5.41) is 11.8. The van der Waals surface area contributed by atoms with Gasteiger partial charge in [0, 0.05) is 142 Å². The third-order valence-electron chi connectivity index (χ3n) is 12.1. The molecular weight excluding hydrogens is 946 g/mol. The van der Waals surface area contributed by atoms with E-state index in [1.54, 1.807) is 38.4 Å². The van der Waals surface area contributed by atoms with Crippen LogP contribution in [0, 0.1) is 39.5 Å². The molecule has 0 saturated heterocycles. The van der Waals surface area contributed by atoms with E-state index in [2.05, 4.69) is 41.1 Å².